The minimum Gasteiger partial charge on any atom is -0.423 e. The number of ether oxygens (including phenoxy) is 1. The Bertz CT molecular complexity index is 1630. The van der Waals surface area contributed by atoms with Crippen LogP contribution in [0.5, 0.6) is 5.75 Å². The predicted octanol–water partition coefficient (Wildman–Crippen LogP) is 4.92. The van der Waals surface area contributed by atoms with Crippen LogP contribution in [0.25, 0.3) is 32.0 Å². The largest absolute Gasteiger partial charge is 0.423 e. The molecule has 1 fully saturated rings. The van der Waals surface area contributed by atoms with E-state index < -0.39 is 11.6 Å². The van der Waals surface area contributed by atoms with Crippen LogP contribution in [-0.2, 0) is 0 Å². The number of anilines is 1. The van der Waals surface area contributed by atoms with Gasteiger partial charge in [-0.25, -0.2) is 14.6 Å². The van der Waals surface area contributed by atoms with Crippen molar-refractivity contribution in [1.29, 1.82) is 0 Å². The normalized spacial score (nSPS) is 14.7. The van der Waals surface area contributed by atoms with Crippen molar-refractivity contribution in [3.05, 3.63) is 76.6 Å². The molecule has 0 bridgehead atoms. The van der Waals surface area contributed by atoms with E-state index in [1.54, 1.807) is 35.6 Å². The Morgan fingerprint density at radius 3 is 2.69 bits per heavy atom. The Kier molecular flexibility index (Phi) is 5.47. The summed E-state index contributed by atoms with van der Waals surface area (Å²) in [7, 11) is 0. The van der Waals surface area contributed by atoms with E-state index in [0.717, 1.165) is 58.8 Å². The fraction of sp³-hybridized carbons (Fsp3) is 0.222. The molecule has 6 rings (SSSR count). The fourth-order valence-electron chi connectivity index (χ4n) is 4.52. The van der Waals surface area contributed by atoms with Gasteiger partial charge in [-0.1, -0.05) is 48.6 Å². The summed E-state index contributed by atoms with van der Waals surface area (Å²) in [5.41, 5.74) is 0.445. The molecule has 0 N–H and O–H groups in total. The zero-order valence-corrected chi connectivity index (χ0v) is 20.0. The number of fused-ring (bicyclic) bond motifs is 4. The number of carbonyl (C=O) groups is 1. The summed E-state index contributed by atoms with van der Waals surface area (Å²) in [4.78, 5) is 35.0. The van der Waals surface area contributed by atoms with Gasteiger partial charge in [0.15, 0.2) is 5.13 Å². The summed E-state index contributed by atoms with van der Waals surface area (Å²) < 4.78 is 12.0. The highest BCUT2D eigenvalue weighted by Crippen LogP contribution is 2.32. The van der Waals surface area contributed by atoms with Gasteiger partial charge in [0.1, 0.15) is 16.9 Å². The maximum atomic E-state index is 13.0. The van der Waals surface area contributed by atoms with E-state index >= 15 is 0 Å². The molecule has 35 heavy (non-hydrogen) atoms. The monoisotopic (exact) mass is 485 g/mol. The lowest BCUT2D eigenvalue weighted by atomic mass is 10.0. The van der Waals surface area contributed by atoms with Crippen LogP contribution >= 0.6 is 11.3 Å². The summed E-state index contributed by atoms with van der Waals surface area (Å²) in [6.45, 7) is 7.19. The second kappa shape index (κ2) is 8.79. The van der Waals surface area contributed by atoms with Crippen LogP contribution in [-0.4, -0.2) is 48.6 Å². The Labute approximate surface area is 205 Å². The molecule has 2 aromatic heterocycles. The lowest BCUT2D eigenvalue weighted by Crippen LogP contribution is -2.46. The average Bonchev–Trinajstić information content (AvgIpc) is 3.31. The van der Waals surface area contributed by atoms with Crippen LogP contribution in [0.4, 0.5) is 5.13 Å². The van der Waals surface area contributed by atoms with Gasteiger partial charge in [-0.2, -0.15) is 0 Å². The van der Waals surface area contributed by atoms with Crippen molar-refractivity contribution in [3.8, 4) is 5.75 Å². The minimum atomic E-state index is -0.742. The molecule has 3 heterocycles. The summed E-state index contributed by atoms with van der Waals surface area (Å²) in [5, 5.41) is 3.57. The molecular weight excluding hydrogens is 462 g/mol. The molecule has 0 aliphatic carbocycles. The summed E-state index contributed by atoms with van der Waals surface area (Å²) in [6.07, 6.45) is 0. The molecule has 0 unspecified atom stereocenters. The van der Waals surface area contributed by atoms with Crippen molar-refractivity contribution in [1.82, 2.24) is 9.88 Å². The molecular formula is C27H23N3O4S. The second-order valence-corrected chi connectivity index (χ2v) is 9.59. The number of piperazine rings is 1. The molecule has 7 nitrogen and oxygen atoms in total. The van der Waals surface area contributed by atoms with Crippen molar-refractivity contribution >= 4 is 54.4 Å². The third kappa shape index (κ3) is 4.05. The summed E-state index contributed by atoms with van der Waals surface area (Å²) in [5.74, 6) is -0.376. The van der Waals surface area contributed by atoms with Crippen LogP contribution in [0.15, 0.2) is 69.9 Å². The van der Waals surface area contributed by atoms with Gasteiger partial charge in [0.25, 0.3) is 0 Å². The van der Waals surface area contributed by atoms with Gasteiger partial charge in [-0.3, -0.25) is 0 Å². The molecule has 0 atom stereocenters. The SMILES string of the molecule is CCN1CCN(c2nc3ccc(OC(=O)c4cc5c(ccc6ccccc65)oc4=O)cc3s2)CC1. The molecule has 1 aliphatic heterocycles. The van der Waals surface area contributed by atoms with Crippen molar-refractivity contribution in [2.75, 3.05) is 37.6 Å². The number of hydrogen-bond donors (Lipinski definition) is 0. The molecule has 0 amide bonds. The van der Waals surface area contributed by atoms with Crippen LogP contribution in [0.3, 0.4) is 0 Å². The van der Waals surface area contributed by atoms with Crippen molar-refractivity contribution in [3.63, 3.8) is 0 Å². The van der Waals surface area contributed by atoms with Crippen molar-refractivity contribution in [2.24, 2.45) is 0 Å². The van der Waals surface area contributed by atoms with E-state index in [4.69, 9.17) is 14.1 Å². The number of rotatable bonds is 4. The number of thiazole rings is 1. The first-order valence-corrected chi connectivity index (χ1v) is 12.5. The van der Waals surface area contributed by atoms with E-state index in [-0.39, 0.29) is 5.56 Å². The van der Waals surface area contributed by atoms with Crippen LogP contribution in [0.1, 0.15) is 17.3 Å². The van der Waals surface area contributed by atoms with Gasteiger partial charge in [-0.05, 0) is 41.6 Å². The Morgan fingerprint density at radius 1 is 1.03 bits per heavy atom. The third-order valence-corrected chi connectivity index (χ3v) is 7.59. The first-order chi connectivity index (χ1) is 17.1. The van der Waals surface area contributed by atoms with E-state index in [1.165, 1.54) is 0 Å². The highest BCUT2D eigenvalue weighted by Gasteiger charge is 2.20. The number of esters is 1. The lowest BCUT2D eigenvalue weighted by molar-refractivity contribution is 0.0731. The zero-order chi connectivity index (χ0) is 23.9. The van der Waals surface area contributed by atoms with Crippen LogP contribution in [0, 0.1) is 0 Å². The highest BCUT2D eigenvalue weighted by molar-refractivity contribution is 7.22. The number of hydrogen-bond acceptors (Lipinski definition) is 8. The standard InChI is InChI=1S/C27H23N3O4S/c1-2-29-11-13-30(14-12-29)27-28-22-9-8-18(15-24(22)35-27)33-25(31)21-16-20-19-6-4-3-5-17(19)7-10-23(20)34-26(21)32/h3-10,15-16H,2,11-14H2,1H3. The van der Waals surface area contributed by atoms with Gasteiger partial charge in [0.2, 0.25) is 0 Å². The smallest absolute Gasteiger partial charge is 0.351 e. The van der Waals surface area contributed by atoms with Gasteiger partial charge in [0, 0.05) is 37.6 Å². The Balaban J connectivity index is 1.28. The van der Waals surface area contributed by atoms with E-state index in [1.807, 2.05) is 36.4 Å². The number of benzene rings is 3. The third-order valence-electron chi connectivity index (χ3n) is 6.51. The van der Waals surface area contributed by atoms with E-state index in [2.05, 4.69) is 16.7 Å². The van der Waals surface area contributed by atoms with E-state index in [9.17, 15) is 9.59 Å². The minimum absolute atomic E-state index is 0.132. The second-order valence-electron chi connectivity index (χ2n) is 8.58. The molecule has 5 aromatic rings. The van der Waals surface area contributed by atoms with E-state index in [0.29, 0.717) is 16.7 Å². The Hall–Kier alpha value is -3.75. The molecule has 0 saturated carbocycles. The number of likely N-dealkylation sites (N-methyl/N-ethyl adjacent to an activating group) is 1. The molecule has 0 spiro atoms. The van der Waals surface area contributed by atoms with Crippen molar-refractivity contribution in [2.45, 2.75) is 6.92 Å². The Morgan fingerprint density at radius 2 is 1.86 bits per heavy atom. The van der Waals surface area contributed by atoms with Gasteiger partial charge in [-0.15, -0.1) is 0 Å². The molecule has 1 aliphatic rings. The van der Waals surface area contributed by atoms with Gasteiger partial charge < -0.3 is 19.0 Å². The number of carbonyl (C=O) groups excluding carboxylic acids is 1. The van der Waals surface area contributed by atoms with Gasteiger partial charge >= 0.3 is 11.6 Å². The quantitative estimate of drug-likeness (QED) is 0.155. The predicted molar refractivity (Wildman–Crippen MR) is 139 cm³/mol. The fourth-order valence-corrected chi connectivity index (χ4v) is 5.57. The summed E-state index contributed by atoms with van der Waals surface area (Å²) >= 11 is 1.58. The average molecular weight is 486 g/mol. The lowest BCUT2D eigenvalue weighted by Gasteiger charge is -2.33. The van der Waals surface area contributed by atoms with Crippen molar-refractivity contribution < 1.29 is 13.9 Å². The summed E-state index contributed by atoms with van der Waals surface area (Å²) in [6, 6.07) is 18.3. The molecule has 1 saturated heterocycles. The van der Waals surface area contributed by atoms with Gasteiger partial charge in [0.05, 0.1) is 10.2 Å². The number of aromatic nitrogens is 1. The number of nitrogens with zero attached hydrogens (tertiary/aromatic N) is 3. The van der Waals surface area contributed by atoms with Crippen LogP contribution < -0.4 is 15.3 Å². The topological polar surface area (TPSA) is 75.9 Å². The first kappa shape index (κ1) is 21.8. The molecule has 176 valence electrons. The molecule has 3 aromatic carbocycles. The maximum Gasteiger partial charge on any atom is 0.351 e. The zero-order valence-electron chi connectivity index (χ0n) is 19.2. The maximum absolute atomic E-state index is 13.0. The first-order valence-electron chi connectivity index (χ1n) is 11.6. The molecule has 0 radical (unpaired) electrons. The highest BCUT2D eigenvalue weighted by atomic mass is 32.1. The van der Waals surface area contributed by atoms with Crippen LogP contribution in [0.2, 0.25) is 0 Å². The molecule has 8 heteroatoms.